The normalized spacial score (nSPS) is 29.2. The second kappa shape index (κ2) is 10.5. The molecule has 0 unspecified atom stereocenters. The quantitative estimate of drug-likeness (QED) is 0.452. The molecule has 6 atom stereocenters. The standard InChI is InChI=1S/C27H34F2N6O3/c1-15-8-19(14-31-13-15)33-22(9-16-2-3-16)26(38)35-20-4-5-21(27(28,29)11-20)23(35)25(37)34-18(12-30)10-17-6-7-32-24(17)36/h8,13-14,16-18,20-23,33H,2-7,9-11H2,1H3,(H,32,36)(H,34,37)/t17-,18-,20+,21+,22-,23-/m0/s1. The van der Waals surface area contributed by atoms with E-state index in [0.29, 0.717) is 37.4 Å². The zero-order valence-electron chi connectivity index (χ0n) is 21.5. The first-order valence-corrected chi connectivity index (χ1v) is 13.5. The average molecular weight is 529 g/mol. The number of aromatic nitrogens is 1. The highest BCUT2D eigenvalue weighted by Crippen LogP contribution is 2.49. The van der Waals surface area contributed by atoms with Crippen LogP contribution in [-0.2, 0) is 14.4 Å². The predicted molar refractivity (Wildman–Crippen MR) is 134 cm³/mol. The molecule has 9 nitrogen and oxygen atoms in total. The van der Waals surface area contributed by atoms with E-state index in [1.807, 2.05) is 19.1 Å². The number of fused-ring (bicyclic) bond motifs is 3. The van der Waals surface area contributed by atoms with Gasteiger partial charge in [0.1, 0.15) is 18.1 Å². The molecule has 5 aliphatic rings. The minimum absolute atomic E-state index is 0.103. The molecule has 0 aromatic carbocycles. The molecule has 6 rings (SSSR count). The number of alkyl halides is 2. The van der Waals surface area contributed by atoms with Gasteiger partial charge in [-0.1, -0.05) is 12.8 Å². The van der Waals surface area contributed by atoms with E-state index in [-0.39, 0.29) is 24.7 Å². The third-order valence-electron chi connectivity index (χ3n) is 8.39. The van der Waals surface area contributed by atoms with E-state index in [4.69, 9.17) is 0 Å². The maximum Gasteiger partial charge on any atom is 0.255 e. The van der Waals surface area contributed by atoms with Crippen molar-refractivity contribution < 1.29 is 23.2 Å². The minimum atomic E-state index is -3.09. The number of nitrogens with one attached hydrogen (secondary N) is 3. The second-order valence-electron chi connectivity index (χ2n) is 11.3. The Morgan fingerprint density at radius 1 is 1.24 bits per heavy atom. The highest BCUT2D eigenvalue weighted by Gasteiger charge is 2.61. The molecule has 0 radical (unpaired) electrons. The van der Waals surface area contributed by atoms with Crippen LogP contribution in [0, 0.1) is 36.0 Å². The lowest BCUT2D eigenvalue weighted by molar-refractivity contribution is -0.194. The number of anilines is 1. The van der Waals surface area contributed by atoms with Crippen molar-refractivity contribution in [3.05, 3.63) is 24.0 Å². The van der Waals surface area contributed by atoms with Crippen LogP contribution in [0.1, 0.15) is 56.9 Å². The molecule has 3 aliphatic heterocycles. The lowest BCUT2D eigenvalue weighted by atomic mass is 9.71. The molecule has 3 amide bonds. The fourth-order valence-corrected chi connectivity index (χ4v) is 6.30. The van der Waals surface area contributed by atoms with Crippen molar-refractivity contribution in [1.82, 2.24) is 20.5 Å². The number of aryl methyl sites for hydroxylation is 1. The highest BCUT2D eigenvalue weighted by atomic mass is 19.3. The van der Waals surface area contributed by atoms with Crippen molar-refractivity contribution in [2.24, 2.45) is 17.8 Å². The van der Waals surface area contributed by atoms with Crippen LogP contribution in [0.15, 0.2) is 18.5 Å². The first-order valence-electron chi connectivity index (χ1n) is 13.5. The molecular formula is C27H34F2N6O3. The van der Waals surface area contributed by atoms with Crippen molar-refractivity contribution >= 4 is 23.4 Å². The van der Waals surface area contributed by atoms with Crippen LogP contribution in [0.25, 0.3) is 0 Å². The van der Waals surface area contributed by atoms with Gasteiger partial charge < -0.3 is 20.9 Å². The van der Waals surface area contributed by atoms with E-state index in [9.17, 15) is 19.6 Å². The number of carbonyl (C=O) groups is 3. The third-order valence-corrected chi connectivity index (χ3v) is 8.39. The van der Waals surface area contributed by atoms with Gasteiger partial charge >= 0.3 is 0 Å². The molecule has 1 aromatic rings. The van der Waals surface area contributed by atoms with Gasteiger partial charge in [0.25, 0.3) is 5.92 Å². The summed E-state index contributed by atoms with van der Waals surface area (Å²) in [7, 11) is 0. The zero-order chi connectivity index (χ0) is 27.0. The summed E-state index contributed by atoms with van der Waals surface area (Å²) in [5.74, 6) is -5.77. The summed E-state index contributed by atoms with van der Waals surface area (Å²) in [4.78, 5) is 45.1. The van der Waals surface area contributed by atoms with E-state index in [2.05, 4.69) is 20.9 Å². The number of nitriles is 1. The van der Waals surface area contributed by atoms with Gasteiger partial charge in [0.15, 0.2) is 0 Å². The molecule has 5 fully saturated rings. The van der Waals surface area contributed by atoms with Gasteiger partial charge in [0, 0.05) is 37.3 Å². The number of nitrogens with zero attached hydrogens (tertiary/aromatic N) is 3. The number of piperidine rings is 2. The largest absolute Gasteiger partial charge is 0.372 e. The molecule has 11 heteroatoms. The molecule has 3 N–H and O–H groups in total. The Morgan fingerprint density at radius 2 is 2.03 bits per heavy atom. The molecule has 4 heterocycles. The van der Waals surface area contributed by atoms with E-state index in [1.165, 1.54) is 4.90 Å². The van der Waals surface area contributed by atoms with E-state index in [1.54, 1.807) is 12.4 Å². The fraction of sp³-hybridized carbons (Fsp3) is 0.667. The Hall–Kier alpha value is -3.29. The van der Waals surface area contributed by atoms with Gasteiger partial charge in [-0.2, -0.15) is 5.26 Å². The summed E-state index contributed by atoms with van der Waals surface area (Å²) in [6.07, 6.45) is 6.59. The summed E-state index contributed by atoms with van der Waals surface area (Å²) < 4.78 is 30.2. The molecule has 2 aliphatic carbocycles. The minimum Gasteiger partial charge on any atom is -0.372 e. The topological polar surface area (TPSA) is 127 Å². The SMILES string of the molecule is Cc1cncc(N[C@@H](CC2CC2)C(=O)N2[C@@H]3CC[C@H]([C@H]2C(=O)N[C@H](C#N)C[C@@H]2CCNC2=O)C(F)(F)C3)c1. The first-order chi connectivity index (χ1) is 18.2. The smallest absolute Gasteiger partial charge is 0.255 e. The van der Waals surface area contributed by atoms with Crippen LogP contribution in [0.4, 0.5) is 14.5 Å². The summed E-state index contributed by atoms with van der Waals surface area (Å²) in [5.41, 5.74) is 1.58. The summed E-state index contributed by atoms with van der Waals surface area (Å²) >= 11 is 0. The molecule has 38 heavy (non-hydrogen) atoms. The molecule has 2 saturated carbocycles. The molecule has 0 spiro atoms. The molecule has 204 valence electrons. The molecule has 1 aromatic heterocycles. The molecular weight excluding hydrogens is 494 g/mol. The Kier molecular flexibility index (Phi) is 7.25. The summed E-state index contributed by atoms with van der Waals surface area (Å²) in [6.45, 7) is 2.39. The van der Waals surface area contributed by atoms with Crippen LogP contribution >= 0.6 is 0 Å². The number of rotatable bonds is 9. The number of carbonyl (C=O) groups excluding carboxylic acids is 3. The lowest BCUT2D eigenvalue weighted by Gasteiger charge is -2.54. The van der Waals surface area contributed by atoms with Crippen LogP contribution in [0.5, 0.6) is 0 Å². The lowest BCUT2D eigenvalue weighted by Crippen LogP contribution is -2.70. The first kappa shape index (κ1) is 26.3. The van der Waals surface area contributed by atoms with Crippen LogP contribution in [-0.4, -0.2) is 64.2 Å². The Bertz CT molecular complexity index is 1140. The predicted octanol–water partition coefficient (Wildman–Crippen LogP) is 2.52. The number of amides is 3. The van der Waals surface area contributed by atoms with Gasteiger partial charge in [-0.25, -0.2) is 8.78 Å². The number of pyridine rings is 1. The average Bonchev–Trinajstić information content (AvgIpc) is 3.61. The molecule has 3 saturated heterocycles. The third kappa shape index (κ3) is 5.45. The summed E-state index contributed by atoms with van der Waals surface area (Å²) in [5, 5.41) is 18.2. The number of hydrogen-bond donors (Lipinski definition) is 3. The Morgan fingerprint density at radius 3 is 2.66 bits per heavy atom. The zero-order valence-corrected chi connectivity index (χ0v) is 21.5. The van der Waals surface area contributed by atoms with Crippen molar-refractivity contribution in [3.63, 3.8) is 0 Å². The van der Waals surface area contributed by atoms with Gasteiger partial charge in [-0.05, 0) is 56.6 Å². The van der Waals surface area contributed by atoms with Crippen molar-refractivity contribution in [2.75, 3.05) is 11.9 Å². The van der Waals surface area contributed by atoms with Gasteiger partial charge in [0.2, 0.25) is 17.7 Å². The van der Waals surface area contributed by atoms with E-state index in [0.717, 1.165) is 18.4 Å². The van der Waals surface area contributed by atoms with Crippen LogP contribution in [0.2, 0.25) is 0 Å². The maximum absolute atomic E-state index is 15.1. The second-order valence-corrected chi connectivity index (χ2v) is 11.3. The van der Waals surface area contributed by atoms with E-state index < -0.39 is 54.3 Å². The Labute approximate surface area is 220 Å². The summed E-state index contributed by atoms with van der Waals surface area (Å²) in [6, 6.07) is 0.0408. The van der Waals surface area contributed by atoms with Crippen molar-refractivity contribution in [2.45, 2.75) is 88.4 Å². The Balaban J connectivity index is 1.38. The fourth-order valence-electron chi connectivity index (χ4n) is 6.30. The van der Waals surface area contributed by atoms with Crippen LogP contribution < -0.4 is 16.0 Å². The van der Waals surface area contributed by atoms with Crippen LogP contribution in [0.3, 0.4) is 0 Å². The van der Waals surface area contributed by atoms with Crippen molar-refractivity contribution in [3.8, 4) is 6.07 Å². The van der Waals surface area contributed by atoms with Gasteiger partial charge in [0.05, 0.1) is 17.7 Å². The number of halogens is 2. The van der Waals surface area contributed by atoms with E-state index >= 15 is 8.78 Å². The number of hydrogen-bond acceptors (Lipinski definition) is 6. The van der Waals surface area contributed by atoms with Crippen molar-refractivity contribution in [1.29, 1.82) is 5.26 Å². The highest BCUT2D eigenvalue weighted by molar-refractivity contribution is 5.92. The van der Waals surface area contributed by atoms with Gasteiger partial charge in [-0.15, -0.1) is 0 Å². The van der Waals surface area contributed by atoms with Gasteiger partial charge in [-0.3, -0.25) is 19.4 Å². The maximum atomic E-state index is 15.1. The monoisotopic (exact) mass is 528 g/mol. The molecule has 2 bridgehead atoms.